The van der Waals surface area contributed by atoms with Crippen molar-refractivity contribution in [1.82, 2.24) is 14.8 Å². The predicted molar refractivity (Wildman–Crippen MR) is 124 cm³/mol. The zero-order valence-corrected chi connectivity index (χ0v) is 18.9. The third kappa shape index (κ3) is 3.34. The number of benzene rings is 2. The Kier molecular flexibility index (Phi) is 5.26. The van der Waals surface area contributed by atoms with E-state index in [1.165, 1.54) is 7.11 Å². The normalized spacial score (nSPS) is 19.6. The van der Waals surface area contributed by atoms with Gasteiger partial charge in [0.25, 0.3) is 0 Å². The van der Waals surface area contributed by atoms with Crippen molar-refractivity contribution in [1.29, 1.82) is 0 Å². The number of piperazine rings is 1. The van der Waals surface area contributed by atoms with E-state index in [4.69, 9.17) is 4.74 Å². The number of carbonyl (C=O) groups is 3. The largest absolute Gasteiger partial charge is 0.465 e. The number of hydrogen-bond acceptors (Lipinski definition) is 6. The maximum absolute atomic E-state index is 13.4. The minimum Gasteiger partial charge on any atom is -0.465 e. The van der Waals surface area contributed by atoms with E-state index in [1.54, 1.807) is 4.90 Å². The van der Waals surface area contributed by atoms with Crippen LogP contribution in [0, 0.1) is 0 Å². The molecule has 2 unspecified atom stereocenters. The number of likely N-dealkylation sites (N-methyl/N-ethyl adjacent to an activating group) is 1. The fourth-order valence-corrected chi connectivity index (χ4v) is 5.13. The molecule has 1 aromatic heterocycles. The summed E-state index contributed by atoms with van der Waals surface area (Å²) in [6, 6.07) is 14.0. The van der Waals surface area contributed by atoms with E-state index in [2.05, 4.69) is 9.88 Å². The Labute approximate surface area is 191 Å². The first-order valence-electron chi connectivity index (χ1n) is 10.9. The van der Waals surface area contributed by atoms with Crippen molar-refractivity contribution in [2.45, 2.75) is 18.6 Å². The highest BCUT2D eigenvalue weighted by atomic mass is 16.5. The van der Waals surface area contributed by atoms with Gasteiger partial charge in [0.2, 0.25) is 5.91 Å². The highest BCUT2D eigenvalue weighted by Gasteiger charge is 2.47. The van der Waals surface area contributed by atoms with Gasteiger partial charge in [-0.3, -0.25) is 19.8 Å². The van der Waals surface area contributed by atoms with E-state index in [0.29, 0.717) is 17.8 Å². The van der Waals surface area contributed by atoms with Crippen LogP contribution in [0.25, 0.3) is 10.9 Å². The second-order valence-electron chi connectivity index (χ2n) is 8.76. The number of para-hydroxylation sites is 2. The molecule has 2 aliphatic heterocycles. The fourth-order valence-electron chi connectivity index (χ4n) is 5.13. The summed E-state index contributed by atoms with van der Waals surface area (Å²) in [6.45, 7) is 0.728. The Morgan fingerprint density at radius 2 is 1.85 bits per heavy atom. The number of anilines is 1. The number of ketones is 1. The molecule has 1 amide bonds. The lowest BCUT2D eigenvalue weighted by Gasteiger charge is -2.41. The molecule has 8 heteroatoms. The topological polar surface area (TPSA) is 83.9 Å². The van der Waals surface area contributed by atoms with Gasteiger partial charge < -0.3 is 14.2 Å². The third-order valence-corrected chi connectivity index (χ3v) is 6.42. The molecule has 0 saturated carbocycles. The van der Waals surface area contributed by atoms with Crippen LogP contribution in [0.5, 0.6) is 0 Å². The van der Waals surface area contributed by atoms with Crippen LogP contribution in [-0.4, -0.2) is 67.5 Å². The quantitative estimate of drug-likeness (QED) is 0.617. The van der Waals surface area contributed by atoms with Gasteiger partial charge in [-0.25, -0.2) is 4.79 Å². The smallest absolute Gasteiger partial charge is 0.340 e. The lowest BCUT2D eigenvalue weighted by atomic mass is 9.92. The van der Waals surface area contributed by atoms with Crippen molar-refractivity contribution in [2.24, 2.45) is 0 Å². The van der Waals surface area contributed by atoms with Crippen LogP contribution in [0.3, 0.4) is 0 Å². The Bertz CT molecular complexity index is 1280. The zero-order valence-electron chi connectivity index (χ0n) is 18.9. The molecule has 170 valence electrons. The number of fused-ring (bicyclic) bond motifs is 7. The zero-order chi connectivity index (χ0) is 23.3. The summed E-state index contributed by atoms with van der Waals surface area (Å²) in [4.78, 5) is 43.3. The molecule has 2 aliphatic rings. The summed E-state index contributed by atoms with van der Waals surface area (Å²) in [7, 11) is 5.02. The van der Waals surface area contributed by atoms with Gasteiger partial charge in [-0.2, -0.15) is 0 Å². The number of hydrogen-bond donors (Lipinski definition) is 1. The molecular weight excluding hydrogens is 420 g/mol. The molecule has 1 saturated heterocycles. The van der Waals surface area contributed by atoms with E-state index in [1.807, 2.05) is 67.5 Å². The van der Waals surface area contributed by atoms with Gasteiger partial charge in [0.15, 0.2) is 5.78 Å². The van der Waals surface area contributed by atoms with Crippen molar-refractivity contribution in [2.75, 3.05) is 39.2 Å². The van der Waals surface area contributed by atoms with Crippen molar-refractivity contribution in [3.05, 3.63) is 65.4 Å². The van der Waals surface area contributed by atoms with Crippen LogP contribution < -0.4 is 10.2 Å². The number of ether oxygens (including phenoxy) is 1. The second kappa shape index (κ2) is 8.13. The third-order valence-electron chi connectivity index (χ3n) is 6.42. The fraction of sp³-hybridized carbons (Fsp3) is 0.320. The second-order valence-corrected chi connectivity index (χ2v) is 8.76. The molecule has 1 fully saturated rings. The molecule has 0 spiro atoms. The molecule has 2 aromatic carbocycles. The molecule has 33 heavy (non-hydrogen) atoms. The molecule has 0 bridgehead atoms. The molecule has 3 heterocycles. The number of aromatic nitrogens is 1. The standard InChI is InChI=1S/C25H26N4O4/c1-27(2)14-19(30)22-24-23-21(25(32)33-3)16-9-5-7-11-18(16)28(23)13-15-8-4-6-10-17(15)29(24)20(31)12-26-22/h4-11,22,24,26H,12-14H2,1-3H3. The molecule has 8 nitrogen and oxygen atoms in total. The highest BCUT2D eigenvalue weighted by Crippen LogP contribution is 2.43. The Balaban J connectivity index is 1.85. The summed E-state index contributed by atoms with van der Waals surface area (Å²) < 4.78 is 7.24. The van der Waals surface area contributed by atoms with Gasteiger partial charge in [-0.1, -0.05) is 36.4 Å². The van der Waals surface area contributed by atoms with Gasteiger partial charge in [-0.15, -0.1) is 0 Å². The number of amides is 1. The van der Waals surface area contributed by atoms with Crippen molar-refractivity contribution < 1.29 is 19.1 Å². The van der Waals surface area contributed by atoms with Gasteiger partial charge in [0, 0.05) is 16.6 Å². The SMILES string of the molecule is COC(=O)c1c2n(c3ccccc13)Cc1ccccc1N1C(=O)CNC(C(=O)CN(C)C)C21. The molecule has 1 N–H and O–H groups in total. The van der Waals surface area contributed by atoms with Crippen LogP contribution in [0.4, 0.5) is 5.69 Å². The van der Waals surface area contributed by atoms with Gasteiger partial charge in [0.05, 0.1) is 44.0 Å². The van der Waals surface area contributed by atoms with Crippen molar-refractivity contribution in [3.63, 3.8) is 0 Å². The minimum atomic E-state index is -0.691. The molecule has 0 aliphatic carbocycles. The van der Waals surface area contributed by atoms with E-state index in [-0.39, 0.29) is 24.8 Å². The number of carbonyl (C=O) groups excluding carboxylic acids is 3. The first-order chi connectivity index (χ1) is 15.9. The summed E-state index contributed by atoms with van der Waals surface area (Å²) in [6.07, 6.45) is 0. The Morgan fingerprint density at radius 3 is 2.61 bits per heavy atom. The number of rotatable bonds is 4. The van der Waals surface area contributed by atoms with Crippen LogP contribution in [0.1, 0.15) is 27.7 Å². The number of nitrogens with one attached hydrogen (secondary N) is 1. The maximum Gasteiger partial charge on any atom is 0.340 e. The average Bonchev–Trinajstić information content (AvgIpc) is 3.03. The Hall–Kier alpha value is -3.49. The Morgan fingerprint density at radius 1 is 1.12 bits per heavy atom. The average molecular weight is 447 g/mol. The van der Waals surface area contributed by atoms with Crippen LogP contribution in [0.2, 0.25) is 0 Å². The van der Waals surface area contributed by atoms with E-state index in [9.17, 15) is 14.4 Å². The molecule has 0 radical (unpaired) electrons. The minimum absolute atomic E-state index is 0.0441. The lowest BCUT2D eigenvalue weighted by Crippen LogP contribution is -2.60. The van der Waals surface area contributed by atoms with Crippen LogP contribution >= 0.6 is 0 Å². The van der Waals surface area contributed by atoms with Crippen LogP contribution in [-0.2, 0) is 20.9 Å². The van der Waals surface area contributed by atoms with E-state index >= 15 is 0 Å². The summed E-state index contributed by atoms with van der Waals surface area (Å²) in [5.74, 6) is -0.673. The molecule has 2 atom stereocenters. The van der Waals surface area contributed by atoms with E-state index in [0.717, 1.165) is 22.2 Å². The predicted octanol–water partition coefficient (Wildman–Crippen LogP) is 1.97. The number of Topliss-reactive ketones (excluding diaryl/α,β-unsaturated/α-hetero) is 1. The summed E-state index contributed by atoms with van der Waals surface area (Å²) >= 11 is 0. The van der Waals surface area contributed by atoms with E-state index < -0.39 is 18.1 Å². The van der Waals surface area contributed by atoms with Gasteiger partial charge in [-0.05, 0) is 31.8 Å². The van der Waals surface area contributed by atoms with Crippen LogP contribution in [0.15, 0.2) is 48.5 Å². The first-order valence-corrected chi connectivity index (χ1v) is 10.9. The highest BCUT2D eigenvalue weighted by molar-refractivity contribution is 6.08. The van der Waals surface area contributed by atoms with Crippen molar-refractivity contribution >= 4 is 34.3 Å². The monoisotopic (exact) mass is 446 g/mol. The molecule has 3 aromatic rings. The number of methoxy groups -OCH3 is 1. The van der Waals surface area contributed by atoms with Gasteiger partial charge in [0.1, 0.15) is 6.04 Å². The molecule has 5 rings (SSSR count). The summed E-state index contributed by atoms with van der Waals surface area (Å²) in [5.41, 5.74) is 3.60. The molecular formula is C25H26N4O4. The number of esters is 1. The summed E-state index contributed by atoms with van der Waals surface area (Å²) in [5, 5.41) is 3.91. The first kappa shape index (κ1) is 21.4. The van der Waals surface area contributed by atoms with Gasteiger partial charge >= 0.3 is 5.97 Å². The maximum atomic E-state index is 13.4. The van der Waals surface area contributed by atoms with Crippen molar-refractivity contribution in [3.8, 4) is 0 Å². The number of nitrogens with zero attached hydrogens (tertiary/aromatic N) is 3. The lowest BCUT2D eigenvalue weighted by molar-refractivity contribution is -0.125.